The molecule has 0 aromatic heterocycles. The Hall–Kier alpha value is -2.04. The molecule has 4 nitrogen and oxygen atoms in total. The molecule has 31 heavy (non-hydrogen) atoms. The number of hydrogen-bond acceptors (Lipinski definition) is 4. The Morgan fingerprint density at radius 1 is 0.839 bits per heavy atom. The van der Waals surface area contributed by atoms with Crippen LogP contribution in [0.25, 0.3) is 0 Å². The summed E-state index contributed by atoms with van der Waals surface area (Å²) in [6, 6.07) is 13.7. The molecule has 2 heterocycles. The highest BCUT2D eigenvalue weighted by atomic mass is 16.5. The van der Waals surface area contributed by atoms with Gasteiger partial charge in [-0.05, 0) is 96.8 Å². The lowest BCUT2D eigenvalue weighted by molar-refractivity contribution is 0.245. The van der Waals surface area contributed by atoms with E-state index in [0.29, 0.717) is 23.2 Å². The summed E-state index contributed by atoms with van der Waals surface area (Å²) >= 11 is 0. The van der Waals surface area contributed by atoms with Gasteiger partial charge in [0.15, 0.2) is 0 Å². The zero-order valence-corrected chi connectivity index (χ0v) is 19.1. The molecule has 4 aliphatic rings. The monoisotopic (exact) mass is 420 g/mol. The molecule has 0 saturated carbocycles. The third kappa shape index (κ3) is 3.64. The van der Waals surface area contributed by atoms with Crippen LogP contribution in [0.3, 0.4) is 0 Å². The van der Waals surface area contributed by atoms with Gasteiger partial charge in [0.2, 0.25) is 0 Å². The quantitative estimate of drug-likeness (QED) is 0.647. The van der Waals surface area contributed by atoms with Crippen molar-refractivity contribution in [3.8, 4) is 11.5 Å². The first-order valence-electron chi connectivity index (χ1n) is 11.9. The first kappa shape index (κ1) is 20.8. The third-order valence-corrected chi connectivity index (χ3v) is 8.32. The van der Waals surface area contributed by atoms with Crippen molar-refractivity contribution in [1.29, 1.82) is 0 Å². The summed E-state index contributed by atoms with van der Waals surface area (Å²) in [5, 5.41) is 17.0. The summed E-state index contributed by atoms with van der Waals surface area (Å²) in [6.45, 7) is 6.99. The molecule has 6 rings (SSSR count). The normalized spacial score (nSPS) is 32.7. The smallest absolute Gasteiger partial charge is 0.122 e. The van der Waals surface area contributed by atoms with Crippen LogP contribution >= 0.6 is 0 Å². The number of methoxy groups -OCH3 is 1. The van der Waals surface area contributed by atoms with Crippen molar-refractivity contribution in [2.24, 2.45) is 0 Å². The molecular weight excluding hydrogens is 384 g/mol. The number of nitrogens with one attached hydrogen (secondary N) is 2. The molecule has 2 aliphatic carbocycles. The first-order valence-corrected chi connectivity index (χ1v) is 11.9. The number of rotatable bonds is 1. The summed E-state index contributed by atoms with van der Waals surface area (Å²) in [6.07, 6.45) is 7.01. The predicted octanol–water partition coefficient (Wildman–Crippen LogP) is 4.22. The van der Waals surface area contributed by atoms with Crippen LogP contribution in [0.4, 0.5) is 0 Å². The molecule has 4 unspecified atom stereocenters. The molecular formula is C27H36N2O2. The number of hydrogen-bond donors (Lipinski definition) is 3. The molecule has 0 amide bonds. The number of phenolic OH excluding ortho intramolecular Hbond substituents is 1. The summed E-state index contributed by atoms with van der Waals surface area (Å²) in [5.41, 5.74) is 6.13. The second-order valence-electron chi connectivity index (χ2n) is 10.5. The van der Waals surface area contributed by atoms with Gasteiger partial charge in [-0.1, -0.05) is 38.1 Å². The van der Waals surface area contributed by atoms with Crippen molar-refractivity contribution in [2.45, 2.75) is 75.3 Å². The molecule has 2 aromatic rings. The molecule has 2 aliphatic heterocycles. The van der Waals surface area contributed by atoms with Crippen LogP contribution in [0.2, 0.25) is 0 Å². The minimum atomic E-state index is 0.280. The van der Waals surface area contributed by atoms with Crippen LogP contribution in [0.5, 0.6) is 11.5 Å². The maximum atomic E-state index is 9.90. The Morgan fingerprint density at radius 2 is 1.39 bits per heavy atom. The van der Waals surface area contributed by atoms with Crippen LogP contribution in [0, 0.1) is 0 Å². The zero-order chi connectivity index (χ0) is 21.6. The Kier molecular flexibility index (Phi) is 5.26. The van der Waals surface area contributed by atoms with Crippen LogP contribution in [0.1, 0.15) is 61.8 Å². The molecule has 4 atom stereocenters. The van der Waals surface area contributed by atoms with E-state index in [9.17, 15) is 5.11 Å². The fourth-order valence-electron chi connectivity index (χ4n) is 6.70. The maximum Gasteiger partial charge on any atom is 0.122 e. The number of aromatic hydroxyl groups is 1. The minimum Gasteiger partial charge on any atom is -0.508 e. The number of fused-ring (bicyclic) bond motifs is 8. The Morgan fingerprint density at radius 3 is 2.00 bits per heavy atom. The van der Waals surface area contributed by atoms with Gasteiger partial charge in [-0.15, -0.1) is 0 Å². The first-order chi connectivity index (χ1) is 14.9. The molecule has 3 N–H and O–H groups in total. The Bertz CT molecular complexity index is 974. The predicted molar refractivity (Wildman–Crippen MR) is 125 cm³/mol. The molecule has 2 aromatic carbocycles. The van der Waals surface area contributed by atoms with E-state index in [1.165, 1.54) is 47.9 Å². The third-order valence-electron chi connectivity index (χ3n) is 8.32. The number of phenols is 1. The van der Waals surface area contributed by atoms with Crippen molar-refractivity contribution in [3.05, 3.63) is 58.7 Å². The summed E-state index contributed by atoms with van der Waals surface area (Å²) in [5.74, 6) is 1.55. The molecule has 4 bridgehead atoms. The van der Waals surface area contributed by atoms with Gasteiger partial charge in [0.05, 0.1) is 7.11 Å². The molecule has 166 valence electrons. The van der Waals surface area contributed by atoms with E-state index >= 15 is 0 Å². The van der Waals surface area contributed by atoms with Gasteiger partial charge in [0.1, 0.15) is 11.5 Å². The van der Waals surface area contributed by atoms with Gasteiger partial charge in [-0.3, -0.25) is 0 Å². The molecule has 0 radical (unpaired) electrons. The lowest BCUT2D eigenvalue weighted by Crippen LogP contribution is -2.49. The highest BCUT2D eigenvalue weighted by molar-refractivity contribution is 5.48. The van der Waals surface area contributed by atoms with Gasteiger partial charge in [0.25, 0.3) is 0 Å². The average molecular weight is 421 g/mol. The maximum absolute atomic E-state index is 9.90. The second kappa shape index (κ2) is 7.83. The standard InChI is InChI=1S/C14H19NO.C13H17NO/c1-14-6-7-15-10(9-14)8-11-12(14)4-3-5-13(11)16-2;1-13-5-6-14-9(8-13)7-10-11(13)3-2-4-12(10)15/h3-5,10,15H,6-9H2,1-2H3;2-4,9,14-15H,5-8H2,1H3. The number of benzene rings is 2. The fraction of sp³-hybridized carbons (Fsp3) is 0.556. The van der Waals surface area contributed by atoms with Crippen LogP contribution in [0.15, 0.2) is 36.4 Å². The zero-order valence-electron chi connectivity index (χ0n) is 19.1. The highest BCUT2D eigenvalue weighted by Gasteiger charge is 2.41. The molecule has 4 heteroatoms. The van der Waals surface area contributed by atoms with Gasteiger partial charge in [0, 0.05) is 12.1 Å². The molecule has 2 saturated heterocycles. The van der Waals surface area contributed by atoms with E-state index in [1.807, 2.05) is 12.1 Å². The van der Waals surface area contributed by atoms with Crippen molar-refractivity contribution < 1.29 is 9.84 Å². The number of piperidine rings is 2. The lowest BCUT2D eigenvalue weighted by atomic mass is 9.65. The molecule has 2 fully saturated rings. The Labute approximate surface area is 186 Å². The van der Waals surface area contributed by atoms with Crippen molar-refractivity contribution in [2.75, 3.05) is 20.2 Å². The van der Waals surface area contributed by atoms with Gasteiger partial charge in [-0.25, -0.2) is 0 Å². The second-order valence-corrected chi connectivity index (χ2v) is 10.5. The van der Waals surface area contributed by atoms with E-state index in [0.717, 1.165) is 31.7 Å². The lowest BCUT2D eigenvalue weighted by Gasteiger charge is -2.45. The summed E-state index contributed by atoms with van der Waals surface area (Å²) in [4.78, 5) is 0. The minimum absolute atomic E-state index is 0.280. The van der Waals surface area contributed by atoms with Gasteiger partial charge < -0.3 is 20.5 Å². The largest absolute Gasteiger partial charge is 0.508 e. The van der Waals surface area contributed by atoms with Crippen molar-refractivity contribution in [1.82, 2.24) is 10.6 Å². The van der Waals surface area contributed by atoms with Crippen molar-refractivity contribution in [3.63, 3.8) is 0 Å². The van der Waals surface area contributed by atoms with E-state index in [1.54, 1.807) is 7.11 Å². The Balaban J connectivity index is 0.000000132. The van der Waals surface area contributed by atoms with Gasteiger partial charge >= 0.3 is 0 Å². The van der Waals surface area contributed by atoms with E-state index < -0.39 is 0 Å². The summed E-state index contributed by atoms with van der Waals surface area (Å²) in [7, 11) is 1.77. The van der Waals surface area contributed by atoms with Crippen LogP contribution in [-0.4, -0.2) is 37.4 Å². The fourth-order valence-corrected chi connectivity index (χ4v) is 6.70. The average Bonchev–Trinajstić information content (AvgIpc) is 2.75. The van der Waals surface area contributed by atoms with E-state index in [2.05, 4.69) is 48.7 Å². The van der Waals surface area contributed by atoms with E-state index in [4.69, 9.17) is 4.74 Å². The number of ether oxygens (including phenoxy) is 1. The van der Waals surface area contributed by atoms with E-state index in [-0.39, 0.29) is 5.41 Å². The topological polar surface area (TPSA) is 53.5 Å². The SMILES string of the molecule is CC12CCNC(Cc3c(O)cccc31)C2.COc1cccc2c1CC1CC2(C)CCN1. The molecule has 0 spiro atoms. The summed E-state index contributed by atoms with van der Waals surface area (Å²) < 4.78 is 5.50. The highest BCUT2D eigenvalue weighted by Crippen LogP contribution is 2.45. The van der Waals surface area contributed by atoms with Gasteiger partial charge in [-0.2, -0.15) is 0 Å². The van der Waals surface area contributed by atoms with Crippen LogP contribution < -0.4 is 15.4 Å². The van der Waals surface area contributed by atoms with Crippen LogP contribution in [-0.2, 0) is 23.7 Å². The van der Waals surface area contributed by atoms with Crippen molar-refractivity contribution >= 4 is 0 Å².